The van der Waals surface area contributed by atoms with Gasteiger partial charge in [0.15, 0.2) is 0 Å². The van der Waals surface area contributed by atoms with Crippen LogP contribution in [0.5, 0.6) is 0 Å². The van der Waals surface area contributed by atoms with Crippen molar-refractivity contribution in [1.29, 1.82) is 0 Å². The molecule has 15 heavy (non-hydrogen) atoms. The van der Waals surface area contributed by atoms with Crippen molar-refractivity contribution in [2.24, 2.45) is 5.92 Å². The first-order chi connectivity index (χ1) is 7.15. The summed E-state index contributed by atoms with van der Waals surface area (Å²) >= 11 is 1.79. The van der Waals surface area contributed by atoms with Gasteiger partial charge < -0.3 is 15.7 Å². The molecule has 4 nitrogen and oxygen atoms in total. The molecule has 0 aromatic carbocycles. The second-order valence-electron chi connectivity index (χ2n) is 4.12. The number of nitrogens with one attached hydrogen (secondary N) is 2. The zero-order valence-corrected chi connectivity index (χ0v) is 10.1. The predicted octanol–water partition coefficient (Wildman–Crippen LogP) is -0.175. The standard InChI is InChI=1S/C10H20N2O2S/c1-7(2)8(5-13)12-10(14)9-6-15-4-3-11-9/h7-9,11,13H,3-6H2,1-2H3,(H,12,14)/t8-,9?/m1/s1. The highest BCUT2D eigenvalue weighted by molar-refractivity contribution is 7.99. The molecule has 0 aromatic rings. The topological polar surface area (TPSA) is 61.4 Å². The van der Waals surface area contributed by atoms with Gasteiger partial charge in [0.2, 0.25) is 5.91 Å². The lowest BCUT2D eigenvalue weighted by atomic mass is 10.1. The molecule has 0 aromatic heterocycles. The van der Waals surface area contributed by atoms with E-state index in [1.54, 1.807) is 11.8 Å². The molecule has 1 unspecified atom stereocenters. The molecule has 1 amide bonds. The van der Waals surface area contributed by atoms with Gasteiger partial charge in [0.05, 0.1) is 18.7 Å². The van der Waals surface area contributed by atoms with Crippen LogP contribution in [0.1, 0.15) is 13.8 Å². The van der Waals surface area contributed by atoms with Crippen molar-refractivity contribution in [1.82, 2.24) is 10.6 Å². The van der Waals surface area contributed by atoms with Gasteiger partial charge in [0.25, 0.3) is 0 Å². The fourth-order valence-electron chi connectivity index (χ4n) is 1.44. The fourth-order valence-corrected chi connectivity index (χ4v) is 2.37. The summed E-state index contributed by atoms with van der Waals surface area (Å²) in [5.74, 6) is 2.16. The Morgan fingerprint density at radius 1 is 1.67 bits per heavy atom. The molecule has 0 radical (unpaired) electrons. The molecule has 1 aliphatic rings. The molecule has 1 rings (SSSR count). The number of rotatable bonds is 4. The third-order valence-electron chi connectivity index (χ3n) is 2.57. The second kappa shape index (κ2) is 6.35. The van der Waals surface area contributed by atoms with Gasteiger partial charge in [-0.2, -0.15) is 11.8 Å². The first-order valence-electron chi connectivity index (χ1n) is 5.37. The van der Waals surface area contributed by atoms with Crippen molar-refractivity contribution in [3.05, 3.63) is 0 Å². The maximum absolute atomic E-state index is 11.8. The number of thioether (sulfide) groups is 1. The summed E-state index contributed by atoms with van der Waals surface area (Å²) < 4.78 is 0. The molecule has 2 atom stereocenters. The summed E-state index contributed by atoms with van der Waals surface area (Å²) in [5.41, 5.74) is 0. The average molecular weight is 232 g/mol. The van der Waals surface area contributed by atoms with Crippen molar-refractivity contribution < 1.29 is 9.90 Å². The monoisotopic (exact) mass is 232 g/mol. The Balaban J connectivity index is 2.38. The van der Waals surface area contributed by atoms with E-state index in [2.05, 4.69) is 10.6 Å². The number of carbonyl (C=O) groups excluding carboxylic acids is 1. The lowest BCUT2D eigenvalue weighted by Gasteiger charge is -2.26. The van der Waals surface area contributed by atoms with Crippen LogP contribution in [-0.2, 0) is 4.79 Å². The van der Waals surface area contributed by atoms with Gasteiger partial charge in [-0.25, -0.2) is 0 Å². The zero-order chi connectivity index (χ0) is 11.3. The second-order valence-corrected chi connectivity index (χ2v) is 5.27. The van der Waals surface area contributed by atoms with E-state index in [0.717, 1.165) is 18.1 Å². The minimum atomic E-state index is -0.133. The zero-order valence-electron chi connectivity index (χ0n) is 9.32. The van der Waals surface area contributed by atoms with Crippen LogP contribution in [0.25, 0.3) is 0 Å². The van der Waals surface area contributed by atoms with Crippen molar-refractivity contribution in [3.63, 3.8) is 0 Å². The van der Waals surface area contributed by atoms with Gasteiger partial charge in [-0.3, -0.25) is 4.79 Å². The van der Waals surface area contributed by atoms with Crippen LogP contribution in [0.4, 0.5) is 0 Å². The first kappa shape index (κ1) is 12.8. The number of hydrogen-bond acceptors (Lipinski definition) is 4. The Bertz CT molecular complexity index is 206. The number of amides is 1. The summed E-state index contributed by atoms with van der Waals surface area (Å²) in [4.78, 5) is 11.8. The van der Waals surface area contributed by atoms with Gasteiger partial charge in [0, 0.05) is 18.1 Å². The SMILES string of the molecule is CC(C)[C@@H](CO)NC(=O)C1CSCCN1. The van der Waals surface area contributed by atoms with Gasteiger partial charge in [-0.1, -0.05) is 13.8 Å². The summed E-state index contributed by atoms with van der Waals surface area (Å²) in [5, 5.41) is 15.1. The van der Waals surface area contributed by atoms with Crippen molar-refractivity contribution >= 4 is 17.7 Å². The molecule has 0 aliphatic carbocycles. The number of aliphatic hydroxyl groups is 1. The third kappa shape index (κ3) is 4.01. The van der Waals surface area contributed by atoms with Crippen LogP contribution in [0.15, 0.2) is 0 Å². The molecule has 1 aliphatic heterocycles. The average Bonchev–Trinajstić information content (AvgIpc) is 2.26. The highest BCUT2D eigenvalue weighted by Gasteiger charge is 2.23. The van der Waals surface area contributed by atoms with Gasteiger partial charge in [0.1, 0.15) is 0 Å². The highest BCUT2D eigenvalue weighted by atomic mass is 32.2. The summed E-state index contributed by atoms with van der Waals surface area (Å²) in [6.45, 7) is 4.87. The maximum atomic E-state index is 11.8. The Hall–Kier alpha value is -0.260. The molecule has 88 valence electrons. The summed E-state index contributed by atoms with van der Waals surface area (Å²) in [7, 11) is 0. The minimum Gasteiger partial charge on any atom is -0.394 e. The quantitative estimate of drug-likeness (QED) is 0.629. The lowest BCUT2D eigenvalue weighted by molar-refractivity contribution is -0.124. The molecular formula is C10H20N2O2S. The largest absolute Gasteiger partial charge is 0.394 e. The molecule has 0 bridgehead atoms. The van der Waals surface area contributed by atoms with Gasteiger partial charge >= 0.3 is 0 Å². The van der Waals surface area contributed by atoms with E-state index in [4.69, 9.17) is 5.11 Å². The maximum Gasteiger partial charge on any atom is 0.238 e. The van der Waals surface area contributed by atoms with Crippen molar-refractivity contribution in [2.75, 3.05) is 24.7 Å². The minimum absolute atomic E-state index is 0.00324. The van der Waals surface area contributed by atoms with Crippen molar-refractivity contribution in [2.45, 2.75) is 25.9 Å². The molecule has 0 spiro atoms. The van der Waals surface area contributed by atoms with Crippen LogP contribution in [0.3, 0.4) is 0 Å². The molecule has 1 saturated heterocycles. The van der Waals surface area contributed by atoms with Crippen LogP contribution >= 0.6 is 11.8 Å². The lowest BCUT2D eigenvalue weighted by Crippen LogP contribution is -2.53. The van der Waals surface area contributed by atoms with Crippen molar-refractivity contribution in [3.8, 4) is 0 Å². The Labute approximate surface area is 95.2 Å². The van der Waals surface area contributed by atoms with E-state index in [9.17, 15) is 4.79 Å². The highest BCUT2D eigenvalue weighted by Crippen LogP contribution is 2.08. The van der Waals surface area contributed by atoms with E-state index in [1.807, 2.05) is 13.8 Å². The smallest absolute Gasteiger partial charge is 0.238 e. The molecule has 3 N–H and O–H groups in total. The molecular weight excluding hydrogens is 212 g/mol. The van der Waals surface area contributed by atoms with Crippen LogP contribution < -0.4 is 10.6 Å². The Morgan fingerprint density at radius 3 is 2.87 bits per heavy atom. The van der Waals surface area contributed by atoms with Gasteiger partial charge in [-0.15, -0.1) is 0 Å². The van der Waals surface area contributed by atoms with E-state index >= 15 is 0 Å². The summed E-state index contributed by atoms with van der Waals surface area (Å²) in [6, 6.07) is -0.234. The summed E-state index contributed by atoms with van der Waals surface area (Å²) in [6.07, 6.45) is 0. The van der Waals surface area contributed by atoms with Crippen LogP contribution in [0, 0.1) is 5.92 Å². The molecule has 1 fully saturated rings. The molecule has 1 heterocycles. The van der Waals surface area contributed by atoms with Gasteiger partial charge in [-0.05, 0) is 5.92 Å². The van der Waals surface area contributed by atoms with E-state index in [-0.39, 0.29) is 30.5 Å². The third-order valence-corrected chi connectivity index (χ3v) is 3.63. The molecule has 5 heteroatoms. The predicted molar refractivity (Wildman–Crippen MR) is 63.0 cm³/mol. The number of hydrogen-bond donors (Lipinski definition) is 3. The van der Waals surface area contributed by atoms with E-state index < -0.39 is 0 Å². The normalized spacial score (nSPS) is 23.9. The van der Waals surface area contributed by atoms with E-state index in [0.29, 0.717) is 0 Å². The number of aliphatic hydroxyl groups excluding tert-OH is 1. The van der Waals surface area contributed by atoms with Crippen LogP contribution in [0.2, 0.25) is 0 Å². The number of carbonyl (C=O) groups is 1. The first-order valence-corrected chi connectivity index (χ1v) is 6.53. The van der Waals surface area contributed by atoms with Crippen LogP contribution in [-0.4, -0.2) is 47.8 Å². The van der Waals surface area contributed by atoms with E-state index in [1.165, 1.54) is 0 Å². The Morgan fingerprint density at radius 2 is 2.40 bits per heavy atom. The fraction of sp³-hybridized carbons (Fsp3) is 0.900. The molecule has 0 saturated carbocycles. The Kier molecular flexibility index (Phi) is 5.42.